The molecule has 1 unspecified atom stereocenters. The summed E-state index contributed by atoms with van der Waals surface area (Å²) in [4.78, 5) is 0. The van der Waals surface area contributed by atoms with Gasteiger partial charge in [0, 0.05) is 19.3 Å². The summed E-state index contributed by atoms with van der Waals surface area (Å²) >= 11 is 0. The zero-order valence-electron chi connectivity index (χ0n) is 13.5. The van der Waals surface area contributed by atoms with E-state index in [1.807, 2.05) is 17.9 Å². The fraction of sp³-hybridized carbons (Fsp3) is 0.500. The second kappa shape index (κ2) is 7.99. The molecule has 1 aromatic carbocycles. The monoisotopic (exact) mass is 285 g/mol. The largest absolute Gasteiger partial charge is 0.314 e. The number of aromatic nitrogens is 2. The van der Waals surface area contributed by atoms with Crippen LogP contribution in [0.4, 0.5) is 0 Å². The maximum Gasteiger partial charge on any atom is 0.0521 e. The van der Waals surface area contributed by atoms with Crippen LogP contribution < -0.4 is 5.32 Å². The second-order valence-electron chi connectivity index (χ2n) is 5.84. The number of hydrogen-bond acceptors (Lipinski definition) is 2. The fourth-order valence-corrected chi connectivity index (χ4v) is 2.67. The van der Waals surface area contributed by atoms with Crippen molar-refractivity contribution >= 4 is 0 Å². The standard InChI is InChI=1S/C18H27N3/c1-4-19-18(12-10-17-13-20-21(3)14-17)11-9-16-7-5-15(2)6-8-16/h5-8,13-14,18-19H,4,9-12H2,1-3H3. The lowest BCUT2D eigenvalue weighted by Gasteiger charge is -2.17. The van der Waals surface area contributed by atoms with Crippen LogP contribution in [0.3, 0.4) is 0 Å². The first kappa shape index (κ1) is 15.8. The Morgan fingerprint density at radius 2 is 1.76 bits per heavy atom. The van der Waals surface area contributed by atoms with Gasteiger partial charge < -0.3 is 5.32 Å². The molecule has 0 radical (unpaired) electrons. The highest BCUT2D eigenvalue weighted by Crippen LogP contribution is 2.11. The van der Waals surface area contributed by atoms with Crippen LogP contribution in [0.25, 0.3) is 0 Å². The van der Waals surface area contributed by atoms with E-state index in [0.29, 0.717) is 6.04 Å². The lowest BCUT2D eigenvalue weighted by Crippen LogP contribution is -2.29. The van der Waals surface area contributed by atoms with Gasteiger partial charge in [-0.3, -0.25) is 4.68 Å². The summed E-state index contributed by atoms with van der Waals surface area (Å²) in [7, 11) is 1.97. The summed E-state index contributed by atoms with van der Waals surface area (Å²) in [5, 5.41) is 7.85. The van der Waals surface area contributed by atoms with Crippen LogP contribution in [0.1, 0.15) is 36.5 Å². The van der Waals surface area contributed by atoms with Gasteiger partial charge in [0.2, 0.25) is 0 Å². The average Bonchev–Trinajstić information content (AvgIpc) is 2.89. The molecule has 0 aliphatic heterocycles. The molecule has 0 saturated carbocycles. The van der Waals surface area contributed by atoms with E-state index in [-0.39, 0.29) is 0 Å². The molecule has 3 nitrogen and oxygen atoms in total. The minimum absolute atomic E-state index is 0.580. The molecule has 0 aliphatic rings. The molecular formula is C18H27N3. The van der Waals surface area contributed by atoms with Gasteiger partial charge in [-0.2, -0.15) is 5.10 Å². The van der Waals surface area contributed by atoms with E-state index in [4.69, 9.17) is 0 Å². The minimum atomic E-state index is 0.580. The van der Waals surface area contributed by atoms with E-state index in [1.54, 1.807) is 0 Å². The van der Waals surface area contributed by atoms with Gasteiger partial charge in [-0.15, -0.1) is 0 Å². The predicted molar refractivity (Wildman–Crippen MR) is 88.5 cm³/mol. The molecule has 2 aromatic rings. The first-order valence-electron chi connectivity index (χ1n) is 7.94. The van der Waals surface area contributed by atoms with Crippen molar-refractivity contribution in [2.75, 3.05) is 6.54 Å². The first-order chi connectivity index (χ1) is 10.2. The van der Waals surface area contributed by atoms with Crippen molar-refractivity contribution in [3.05, 3.63) is 53.3 Å². The van der Waals surface area contributed by atoms with Crippen molar-refractivity contribution in [2.24, 2.45) is 7.05 Å². The van der Waals surface area contributed by atoms with Gasteiger partial charge in [-0.25, -0.2) is 0 Å². The van der Waals surface area contributed by atoms with Crippen LogP contribution in [-0.2, 0) is 19.9 Å². The summed E-state index contributed by atoms with van der Waals surface area (Å²) in [5.41, 5.74) is 4.10. The molecule has 1 N–H and O–H groups in total. The topological polar surface area (TPSA) is 29.9 Å². The van der Waals surface area contributed by atoms with Crippen molar-refractivity contribution in [2.45, 2.75) is 45.6 Å². The first-order valence-corrected chi connectivity index (χ1v) is 7.94. The van der Waals surface area contributed by atoms with Crippen molar-refractivity contribution in [3.63, 3.8) is 0 Å². The SMILES string of the molecule is CCNC(CCc1ccc(C)cc1)CCc1cnn(C)c1. The lowest BCUT2D eigenvalue weighted by atomic mass is 9.99. The molecule has 21 heavy (non-hydrogen) atoms. The van der Waals surface area contributed by atoms with E-state index in [2.05, 4.69) is 54.7 Å². The predicted octanol–water partition coefficient (Wildman–Crippen LogP) is 3.27. The van der Waals surface area contributed by atoms with Crippen molar-refractivity contribution < 1.29 is 0 Å². The van der Waals surface area contributed by atoms with E-state index < -0.39 is 0 Å². The third kappa shape index (κ3) is 5.35. The third-order valence-electron chi connectivity index (χ3n) is 3.93. The highest BCUT2D eigenvalue weighted by atomic mass is 15.2. The zero-order chi connectivity index (χ0) is 15.1. The minimum Gasteiger partial charge on any atom is -0.314 e. The van der Waals surface area contributed by atoms with E-state index >= 15 is 0 Å². The zero-order valence-corrected chi connectivity index (χ0v) is 13.5. The van der Waals surface area contributed by atoms with Gasteiger partial charge in [-0.05, 0) is 50.3 Å². The van der Waals surface area contributed by atoms with Gasteiger partial charge in [0.1, 0.15) is 0 Å². The van der Waals surface area contributed by atoms with Crippen LogP contribution in [0.2, 0.25) is 0 Å². The molecule has 0 fully saturated rings. The average molecular weight is 285 g/mol. The van der Waals surface area contributed by atoms with Crippen LogP contribution in [0.5, 0.6) is 0 Å². The van der Waals surface area contributed by atoms with Crippen molar-refractivity contribution in [1.82, 2.24) is 15.1 Å². The Kier molecular flexibility index (Phi) is 6.00. The molecule has 2 rings (SSSR count). The number of rotatable bonds is 8. The molecular weight excluding hydrogens is 258 g/mol. The summed E-state index contributed by atoms with van der Waals surface area (Å²) < 4.78 is 1.88. The highest BCUT2D eigenvalue weighted by molar-refractivity contribution is 5.21. The molecule has 1 atom stereocenters. The van der Waals surface area contributed by atoms with Gasteiger partial charge in [-0.1, -0.05) is 36.8 Å². The van der Waals surface area contributed by atoms with Gasteiger partial charge in [0.25, 0.3) is 0 Å². The molecule has 0 aliphatic carbocycles. The molecule has 0 saturated heterocycles. The number of benzene rings is 1. The van der Waals surface area contributed by atoms with E-state index in [0.717, 1.165) is 19.4 Å². The molecule has 0 bridgehead atoms. The Hall–Kier alpha value is -1.61. The molecule has 114 valence electrons. The molecule has 0 amide bonds. The fourth-order valence-electron chi connectivity index (χ4n) is 2.67. The van der Waals surface area contributed by atoms with Gasteiger partial charge >= 0.3 is 0 Å². The Labute approximate surface area is 128 Å². The summed E-state index contributed by atoms with van der Waals surface area (Å²) in [6.45, 7) is 5.35. The molecule has 1 heterocycles. The maximum absolute atomic E-state index is 4.24. The van der Waals surface area contributed by atoms with Crippen molar-refractivity contribution in [1.29, 1.82) is 0 Å². The number of hydrogen-bond donors (Lipinski definition) is 1. The van der Waals surface area contributed by atoms with Gasteiger partial charge in [0.05, 0.1) is 6.20 Å². The van der Waals surface area contributed by atoms with Crippen molar-refractivity contribution in [3.8, 4) is 0 Å². The quantitative estimate of drug-likeness (QED) is 0.806. The second-order valence-corrected chi connectivity index (χ2v) is 5.84. The summed E-state index contributed by atoms with van der Waals surface area (Å²) in [6.07, 6.45) is 8.69. The lowest BCUT2D eigenvalue weighted by molar-refractivity contribution is 0.464. The molecule has 1 aromatic heterocycles. The molecule has 0 spiro atoms. The van der Waals surface area contributed by atoms with Gasteiger partial charge in [0.15, 0.2) is 0 Å². The van der Waals surface area contributed by atoms with Crippen LogP contribution >= 0.6 is 0 Å². The highest BCUT2D eigenvalue weighted by Gasteiger charge is 2.08. The van der Waals surface area contributed by atoms with Crippen LogP contribution in [0.15, 0.2) is 36.7 Å². The smallest absolute Gasteiger partial charge is 0.0521 e. The Bertz CT molecular complexity index is 528. The molecule has 3 heteroatoms. The summed E-state index contributed by atoms with van der Waals surface area (Å²) in [5.74, 6) is 0. The Morgan fingerprint density at radius 3 is 2.33 bits per heavy atom. The van der Waals surface area contributed by atoms with E-state index in [1.165, 1.54) is 29.5 Å². The Morgan fingerprint density at radius 1 is 1.10 bits per heavy atom. The van der Waals surface area contributed by atoms with Crippen LogP contribution in [0, 0.1) is 6.92 Å². The third-order valence-corrected chi connectivity index (χ3v) is 3.93. The summed E-state index contributed by atoms with van der Waals surface area (Å²) in [6, 6.07) is 9.48. The Balaban J connectivity index is 1.82. The number of aryl methyl sites for hydroxylation is 4. The normalized spacial score (nSPS) is 12.5. The number of nitrogens with zero attached hydrogens (tertiary/aromatic N) is 2. The maximum atomic E-state index is 4.24. The number of nitrogens with one attached hydrogen (secondary N) is 1. The van der Waals surface area contributed by atoms with Crippen LogP contribution in [-0.4, -0.2) is 22.4 Å². The van der Waals surface area contributed by atoms with E-state index in [9.17, 15) is 0 Å².